The summed E-state index contributed by atoms with van der Waals surface area (Å²) >= 11 is 4.98. The van der Waals surface area contributed by atoms with E-state index in [2.05, 4.69) is 27.0 Å². The summed E-state index contributed by atoms with van der Waals surface area (Å²) in [5.41, 5.74) is 3.52. The molecule has 2 aromatic carbocycles. The summed E-state index contributed by atoms with van der Waals surface area (Å²) in [7, 11) is 0. The number of amides is 1. The van der Waals surface area contributed by atoms with Crippen LogP contribution in [0.25, 0.3) is 10.9 Å². The smallest absolute Gasteiger partial charge is 0.269 e. The van der Waals surface area contributed by atoms with Crippen LogP contribution in [0.15, 0.2) is 51.8 Å². The van der Waals surface area contributed by atoms with Crippen LogP contribution in [-0.2, 0) is 17.8 Å². The molecule has 0 saturated carbocycles. The number of fused-ring (bicyclic) bond motifs is 3. The number of benzene rings is 2. The van der Waals surface area contributed by atoms with E-state index in [-0.39, 0.29) is 11.6 Å². The summed E-state index contributed by atoms with van der Waals surface area (Å²) in [5.74, 6) is 0.396. The molecule has 0 atom stereocenters. The summed E-state index contributed by atoms with van der Waals surface area (Å²) < 4.78 is 1.03. The normalized spacial score (nSPS) is 13.6. The Kier molecular flexibility index (Phi) is 4.92. The number of aromatic amines is 1. The van der Waals surface area contributed by atoms with Gasteiger partial charge in [0.2, 0.25) is 5.91 Å². The Hall–Kier alpha value is -2.32. The van der Waals surface area contributed by atoms with E-state index in [0.29, 0.717) is 18.8 Å². The number of hydrogen-bond acceptors (Lipinski definition) is 4. The predicted octanol–water partition coefficient (Wildman–Crippen LogP) is 4.52. The fraction of sp³-hybridized carbons (Fsp3) is 0.211. The molecule has 0 radical (unpaired) electrons. The van der Waals surface area contributed by atoms with Crippen molar-refractivity contribution >= 4 is 50.2 Å². The number of non-ortho nitro benzene ring substituents is 1. The van der Waals surface area contributed by atoms with Crippen molar-refractivity contribution in [3.05, 3.63) is 68.3 Å². The molecular weight excluding hydrogens is 430 g/mol. The summed E-state index contributed by atoms with van der Waals surface area (Å²) in [6, 6.07) is 12.4. The molecule has 1 N–H and O–H groups in total. The van der Waals surface area contributed by atoms with Gasteiger partial charge in [-0.3, -0.25) is 14.9 Å². The van der Waals surface area contributed by atoms with Crippen molar-refractivity contribution in [2.75, 3.05) is 12.3 Å². The van der Waals surface area contributed by atoms with Crippen molar-refractivity contribution in [1.29, 1.82) is 0 Å². The Morgan fingerprint density at radius 2 is 2.04 bits per heavy atom. The van der Waals surface area contributed by atoms with Gasteiger partial charge in [0.05, 0.1) is 16.2 Å². The van der Waals surface area contributed by atoms with Gasteiger partial charge >= 0.3 is 0 Å². The zero-order valence-corrected chi connectivity index (χ0v) is 16.7. The van der Waals surface area contributed by atoms with Crippen LogP contribution >= 0.6 is 27.7 Å². The summed E-state index contributed by atoms with van der Waals surface area (Å²) in [6.07, 6.45) is 0.810. The Bertz CT molecular complexity index is 1030. The highest BCUT2D eigenvalue weighted by atomic mass is 79.9. The molecule has 1 aliphatic heterocycles. The molecule has 0 aliphatic carbocycles. The van der Waals surface area contributed by atoms with Gasteiger partial charge in [0.1, 0.15) is 0 Å². The number of para-hydroxylation sites is 1. The fourth-order valence-corrected chi connectivity index (χ4v) is 4.58. The fourth-order valence-electron chi connectivity index (χ4n) is 3.32. The standard InChI is InChI=1S/C19H16BrN3O3S/c20-16-3-1-2-14-15-10-22(9-8-17(15)21-19(14)16)18(24)11-27-13-6-4-12(5-7-13)23(25)26/h1-7,21H,8-11H2. The van der Waals surface area contributed by atoms with Crippen molar-refractivity contribution in [3.8, 4) is 0 Å². The first-order valence-electron chi connectivity index (χ1n) is 8.46. The third kappa shape index (κ3) is 3.59. The minimum absolute atomic E-state index is 0.0553. The molecule has 0 bridgehead atoms. The zero-order valence-electron chi connectivity index (χ0n) is 14.3. The molecule has 138 valence electrons. The van der Waals surface area contributed by atoms with Gasteiger partial charge < -0.3 is 9.88 Å². The number of hydrogen-bond donors (Lipinski definition) is 1. The molecule has 2 heterocycles. The van der Waals surface area contributed by atoms with E-state index in [1.54, 1.807) is 12.1 Å². The van der Waals surface area contributed by atoms with Crippen molar-refractivity contribution in [2.24, 2.45) is 0 Å². The average Bonchev–Trinajstić information content (AvgIpc) is 3.06. The molecule has 0 fully saturated rings. The van der Waals surface area contributed by atoms with Crippen LogP contribution in [0, 0.1) is 10.1 Å². The van der Waals surface area contributed by atoms with E-state index in [9.17, 15) is 14.9 Å². The molecule has 3 aromatic rings. The minimum atomic E-state index is -0.426. The average molecular weight is 446 g/mol. The zero-order chi connectivity index (χ0) is 19.0. The van der Waals surface area contributed by atoms with Gasteiger partial charge in [-0.05, 0) is 34.1 Å². The second kappa shape index (κ2) is 7.36. The maximum absolute atomic E-state index is 12.7. The quantitative estimate of drug-likeness (QED) is 0.363. The van der Waals surface area contributed by atoms with Crippen LogP contribution in [0.1, 0.15) is 11.3 Å². The van der Waals surface area contributed by atoms with Crippen LogP contribution in [-0.4, -0.2) is 33.0 Å². The van der Waals surface area contributed by atoms with Gasteiger partial charge in [0.15, 0.2) is 0 Å². The van der Waals surface area contributed by atoms with Gasteiger partial charge in [0, 0.05) is 57.7 Å². The van der Waals surface area contributed by atoms with Crippen molar-refractivity contribution in [3.63, 3.8) is 0 Å². The van der Waals surface area contributed by atoms with Gasteiger partial charge in [-0.15, -0.1) is 11.8 Å². The maximum atomic E-state index is 12.7. The van der Waals surface area contributed by atoms with Crippen LogP contribution in [0.4, 0.5) is 5.69 Å². The second-order valence-corrected chi connectivity index (χ2v) is 8.25. The number of nitro groups is 1. The van der Waals surface area contributed by atoms with E-state index in [1.165, 1.54) is 35.2 Å². The number of aromatic nitrogens is 1. The van der Waals surface area contributed by atoms with E-state index in [1.807, 2.05) is 17.0 Å². The second-order valence-electron chi connectivity index (χ2n) is 6.35. The SMILES string of the molecule is O=C(CSc1ccc([N+](=O)[O-])cc1)N1CCc2[nH]c3c(Br)cccc3c2C1. The monoisotopic (exact) mass is 445 g/mol. The van der Waals surface area contributed by atoms with Crippen LogP contribution in [0.3, 0.4) is 0 Å². The van der Waals surface area contributed by atoms with Gasteiger partial charge in [0.25, 0.3) is 5.69 Å². The topological polar surface area (TPSA) is 79.2 Å². The van der Waals surface area contributed by atoms with Gasteiger partial charge in [-0.1, -0.05) is 12.1 Å². The molecule has 0 saturated heterocycles. The summed E-state index contributed by atoms with van der Waals surface area (Å²) in [4.78, 5) is 29.1. The van der Waals surface area contributed by atoms with Crippen LogP contribution < -0.4 is 0 Å². The Morgan fingerprint density at radius 1 is 1.26 bits per heavy atom. The number of nitrogens with one attached hydrogen (secondary N) is 1. The lowest BCUT2D eigenvalue weighted by Gasteiger charge is -2.27. The van der Waals surface area contributed by atoms with Crippen molar-refractivity contribution < 1.29 is 9.72 Å². The molecule has 1 aliphatic rings. The summed E-state index contributed by atoms with van der Waals surface area (Å²) in [6.45, 7) is 1.29. The third-order valence-electron chi connectivity index (χ3n) is 4.72. The number of thioether (sulfide) groups is 1. The first kappa shape index (κ1) is 18.1. The third-order valence-corrected chi connectivity index (χ3v) is 6.38. The molecule has 0 spiro atoms. The van der Waals surface area contributed by atoms with Crippen molar-refractivity contribution in [1.82, 2.24) is 9.88 Å². The number of carbonyl (C=O) groups excluding carboxylic acids is 1. The predicted molar refractivity (Wildman–Crippen MR) is 109 cm³/mol. The van der Waals surface area contributed by atoms with E-state index >= 15 is 0 Å². The number of H-pyrrole nitrogens is 1. The largest absolute Gasteiger partial charge is 0.357 e. The highest BCUT2D eigenvalue weighted by Crippen LogP contribution is 2.32. The number of carbonyl (C=O) groups is 1. The minimum Gasteiger partial charge on any atom is -0.357 e. The molecular formula is C19H16BrN3O3S. The molecule has 0 unspecified atom stereocenters. The number of nitro benzene ring substituents is 1. The Labute approximate surface area is 168 Å². The first-order chi connectivity index (χ1) is 13.0. The highest BCUT2D eigenvalue weighted by molar-refractivity contribution is 9.10. The Balaban J connectivity index is 1.44. The highest BCUT2D eigenvalue weighted by Gasteiger charge is 2.24. The lowest BCUT2D eigenvalue weighted by molar-refractivity contribution is -0.384. The lowest BCUT2D eigenvalue weighted by Crippen LogP contribution is -2.36. The maximum Gasteiger partial charge on any atom is 0.269 e. The van der Waals surface area contributed by atoms with E-state index in [0.717, 1.165) is 26.7 Å². The molecule has 1 aromatic heterocycles. The van der Waals surface area contributed by atoms with Crippen LogP contribution in [0.5, 0.6) is 0 Å². The molecule has 8 heteroatoms. The number of nitrogens with zero attached hydrogens (tertiary/aromatic N) is 2. The molecule has 1 amide bonds. The number of halogens is 1. The van der Waals surface area contributed by atoms with E-state index in [4.69, 9.17) is 0 Å². The number of rotatable bonds is 4. The summed E-state index contributed by atoms with van der Waals surface area (Å²) in [5, 5.41) is 11.9. The van der Waals surface area contributed by atoms with Gasteiger partial charge in [-0.2, -0.15) is 0 Å². The van der Waals surface area contributed by atoms with Gasteiger partial charge in [-0.25, -0.2) is 0 Å². The van der Waals surface area contributed by atoms with Crippen LogP contribution in [0.2, 0.25) is 0 Å². The lowest BCUT2D eigenvalue weighted by atomic mass is 10.0. The Morgan fingerprint density at radius 3 is 2.78 bits per heavy atom. The van der Waals surface area contributed by atoms with E-state index < -0.39 is 4.92 Å². The molecule has 27 heavy (non-hydrogen) atoms. The molecule has 4 rings (SSSR count). The molecule has 6 nitrogen and oxygen atoms in total. The van der Waals surface area contributed by atoms with Crippen molar-refractivity contribution in [2.45, 2.75) is 17.9 Å². The first-order valence-corrected chi connectivity index (χ1v) is 10.2.